The highest BCUT2D eigenvalue weighted by Crippen LogP contribution is 2.60. The maximum atomic E-state index is 11.8. The van der Waals surface area contributed by atoms with Crippen molar-refractivity contribution in [1.82, 2.24) is 15.0 Å². The van der Waals surface area contributed by atoms with Crippen molar-refractivity contribution in [3.8, 4) is 5.75 Å². The third-order valence-electron chi connectivity index (χ3n) is 8.46. The molecule has 0 unspecified atom stereocenters. The van der Waals surface area contributed by atoms with Gasteiger partial charge >= 0.3 is 0 Å². The number of nitrogens with zero attached hydrogens (tertiary/aromatic N) is 3. The molecule has 4 atom stereocenters. The summed E-state index contributed by atoms with van der Waals surface area (Å²) in [6, 6.07) is 16.0. The van der Waals surface area contributed by atoms with Gasteiger partial charge in [-0.1, -0.05) is 48.5 Å². The smallest absolute Gasteiger partial charge is 0.240 e. The summed E-state index contributed by atoms with van der Waals surface area (Å²) in [5.74, 6) is 2.15. The third kappa shape index (κ3) is 4.23. The van der Waals surface area contributed by atoms with Crippen LogP contribution >= 0.6 is 0 Å². The van der Waals surface area contributed by atoms with Crippen molar-refractivity contribution < 1.29 is 19.5 Å². The van der Waals surface area contributed by atoms with Gasteiger partial charge < -0.3 is 24.4 Å². The molecule has 0 saturated heterocycles. The average molecular weight is 492 g/mol. The Morgan fingerprint density at radius 3 is 2.64 bits per heavy atom. The Morgan fingerprint density at radius 2 is 1.92 bits per heavy atom. The molecule has 1 heterocycles. The van der Waals surface area contributed by atoms with Crippen LogP contribution in [0.1, 0.15) is 67.9 Å². The molecule has 0 aliphatic heterocycles. The number of rotatable bonds is 7. The van der Waals surface area contributed by atoms with Crippen molar-refractivity contribution in [3.63, 3.8) is 0 Å². The summed E-state index contributed by atoms with van der Waals surface area (Å²) in [7, 11) is 3.91. The van der Waals surface area contributed by atoms with Gasteiger partial charge in [0, 0.05) is 5.41 Å². The zero-order valence-corrected chi connectivity index (χ0v) is 21.7. The largest absolute Gasteiger partial charge is 0.485 e. The van der Waals surface area contributed by atoms with Crippen LogP contribution < -0.4 is 4.74 Å². The van der Waals surface area contributed by atoms with Gasteiger partial charge in [0.2, 0.25) is 11.7 Å². The van der Waals surface area contributed by atoms with Gasteiger partial charge in [-0.2, -0.15) is 4.98 Å². The first-order chi connectivity index (χ1) is 17.2. The molecule has 2 aromatic carbocycles. The van der Waals surface area contributed by atoms with E-state index < -0.39 is 11.2 Å². The molecule has 1 saturated carbocycles. The summed E-state index contributed by atoms with van der Waals surface area (Å²) in [5, 5.41) is 27.6. The fourth-order valence-corrected chi connectivity index (χ4v) is 6.63. The molecule has 2 aliphatic carbocycles. The van der Waals surface area contributed by atoms with Gasteiger partial charge in [0.1, 0.15) is 11.4 Å². The van der Waals surface area contributed by atoms with Crippen LogP contribution in [-0.2, 0) is 30.6 Å². The molecule has 1 aromatic heterocycles. The van der Waals surface area contributed by atoms with Crippen LogP contribution in [0.3, 0.4) is 0 Å². The Bertz CT molecular complexity index is 1210. The number of hydrogen-bond acceptors (Lipinski definition) is 7. The van der Waals surface area contributed by atoms with Crippen molar-refractivity contribution in [2.75, 3.05) is 14.1 Å². The first-order valence-electron chi connectivity index (χ1n) is 12.9. The summed E-state index contributed by atoms with van der Waals surface area (Å²) in [5.41, 5.74) is 0.613. The second-order valence-corrected chi connectivity index (χ2v) is 11.1. The predicted molar refractivity (Wildman–Crippen MR) is 136 cm³/mol. The SMILES string of the molecule is CC[C@@]12C[C@@](C)(O)[C@](O)(c3ccccc3)C[C@H]1CCc1cc(OCc3noc(CN(C)C)n3)ccc12. The van der Waals surface area contributed by atoms with Crippen LogP contribution in [0.15, 0.2) is 53.1 Å². The Labute approximate surface area is 213 Å². The fraction of sp³-hybridized carbons (Fsp3) is 0.517. The molecule has 3 aromatic rings. The van der Waals surface area contributed by atoms with Gasteiger partial charge in [-0.3, -0.25) is 0 Å². The highest BCUT2D eigenvalue weighted by Gasteiger charge is 2.60. The summed E-state index contributed by atoms with van der Waals surface area (Å²) in [6.45, 7) is 4.84. The quantitative estimate of drug-likeness (QED) is 0.508. The highest BCUT2D eigenvalue weighted by atomic mass is 16.5. The van der Waals surface area contributed by atoms with E-state index in [1.807, 2.05) is 55.4 Å². The van der Waals surface area contributed by atoms with E-state index in [2.05, 4.69) is 29.2 Å². The van der Waals surface area contributed by atoms with Gasteiger partial charge in [-0.15, -0.1) is 0 Å². The van der Waals surface area contributed by atoms with E-state index in [0.717, 1.165) is 30.6 Å². The lowest BCUT2D eigenvalue weighted by atomic mass is 9.49. The topological polar surface area (TPSA) is 91.8 Å². The van der Waals surface area contributed by atoms with E-state index in [-0.39, 0.29) is 17.9 Å². The Morgan fingerprint density at radius 1 is 1.14 bits per heavy atom. The first kappa shape index (κ1) is 24.9. The number of benzene rings is 2. The number of ether oxygens (including phenoxy) is 1. The molecule has 0 radical (unpaired) electrons. The van der Waals surface area contributed by atoms with Crippen LogP contribution in [0, 0.1) is 5.92 Å². The van der Waals surface area contributed by atoms with Gasteiger partial charge in [0.05, 0.1) is 12.1 Å². The molecule has 0 spiro atoms. The van der Waals surface area contributed by atoms with Gasteiger partial charge in [-0.05, 0) is 87.9 Å². The zero-order chi connectivity index (χ0) is 25.6. The maximum absolute atomic E-state index is 11.8. The number of aromatic nitrogens is 2. The second-order valence-electron chi connectivity index (χ2n) is 11.1. The minimum atomic E-state index is -1.27. The monoisotopic (exact) mass is 491 g/mol. The van der Waals surface area contributed by atoms with Crippen molar-refractivity contribution in [3.05, 3.63) is 76.9 Å². The molecule has 7 heteroatoms. The van der Waals surface area contributed by atoms with Gasteiger partial charge in [0.15, 0.2) is 6.61 Å². The molecule has 0 bridgehead atoms. The van der Waals surface area contributed by atoms with Crippen LogP contribution in [0.2, 0.25) is 0 Å². The molecule has 2 aliphatic rings. The summed E-state index contributed by atoms with van der Waals surface area (Å²) >= 11 is 0. The van der Waals surface area contributed by atoms with Crippen molar-refractivity contribution >= 4 is 0 Å². The standard InChI is InChI=1S/C29H37N3O4/c1-5-28-19-27(2,33)29(34,21-9-7-6-8-10-21)16-22(28)12-11-20-15-23(13-14-24(20)28)35-18-25-30-26(36-31-25)17-32(3)4/h6-10,13-15,22,33-34H,5,11-12,16-19H2,1-4H3/t22-,27-,28-,29-/m1/s1. The van der Waals surface area contributed by atoms with Crippen LogP contribution in [0.4, 0.5) is 0 Å². The molecule has 1 fully saturated rings. The lowest BCUT2D eigenvalue weighted by molar-refractivity contribution is -0.205. The molecule has 36 heavy (non-hydrogen) atoms. The highest BCUT2D eigenvalue weighted by molar-refractivity contribution is 5.45. The average Bonchev–Trinajstić information content (AvgIpc) is 3.30. The van der Waals surface area contributed by atoms with Crippen LogP contribution in [-0.4, -0.2) is 45.0 Å². The normalized spacial score (nSPS) is 29.6. The van der Waals surface area contributed by atoms with Crippen LogP contribution in [0.5, 0.6) is 5.75 Å². The van der Waals surface area contributed by atoms with E-state index in [1.54, 1.807) is 6.92 Å². The Kier molecular flexibility index (Phi) is 6.43. The first-order valence-corrected chi connectivity index (χ1v) is 12.9. The molecular formula is C29H37N3O4. The third-order valence-corrected chi connectivity index (χ3v) is 8.46. The van der Waals surface area contributed by atoms with E-state index >= 15 is 0 Å². The minimum Gasteiger partial charge on any atom is -0.485 e. The minimum absolute atomic E-state index is 0.189. The molecular weight excluding hydrogens is 454 g/mol. The number of hydrogen-bond donors (Lipinski definition) is 2. The molecule has 7 nitrogen and oxygen atoms in total. The van der Waals surface area contributed by atoms with Crippen molar-refractivity contribution in [2.24, 2.45) is 5.92 Å². The Balaban J connectivity index is 1.38. The molecule has 2 N–H and O–H groups in total. The lowest BCUT2D eigenvalue weighted by Gasteiger charge is -2.59. The predicted octanol–water partition coefficient (Wildman–Crippen LogP) is 4.35. The maximum Gasteiger partial charge on any atom is 0.240 e. The van der Waals surface area contributed by atoms with E-state index in [4.69, 9.17) is 9.26 Å². The summed E-state index contributed by atoms with van der Waals surface area (Å²) in [6.07, 6.45) is 3.85. The molecule has 0 amide bonds. The molecule has 5 rings (SSSR count). The van der Waals surface area contributed by atoms with E-state index in [9.17, 15) is 10.2 Å². The summed E-state index contributed by atoms with van der Waals surface area (Å²) < 4.78 is 11.3. The summed E-state index contributed by atoms with van der Waals surface area (Å²) in [4.78, 5) is 6.36. The van der Waals surface area contributed by atoms with E-state index in [0.29, 0.717) is 31.1 Å². The fourth-order valence-electron chi connectivity index (χ4n) is 6.63. The lowest BCUT2D eigenvalue weighted by Crippen LogP contribution is -2.62. The van der Waals surface area contributed by atoms with Gasteiger partial charge in [0.25, 0.3) is 0 Å². The van der Waals surface area contributed by atoms with E-state index in [1.165, 1.54) is 11.1 Å². The number of fused-ring (bicyclic) bond motifs is 3. The number of aryl methyl sites for hydroxylation is 1. The number of aliphatic hydroxyl groups is 2. The van der Waals surface area contributed by atoms with Crippen molar-refractivity contribution in [2.45, 2.75) is 75.7 Å². The zero-order valence-electron chi connectivity index (χ0n) is 21.7. The van der Waals surface area contributed by atoms with Crippen molar-refractivity contribution in [1.29, 1.82) is 0 Å². The Hall–Kier alpha value is -2.74. The van der Waals surface area contributed by atoms with Crippen LogP contribution in [0.25, 0.3) is 0 Å². The molecule has 192 valence electrons. The second kappa shape index (κ2) is 9.29. The van der Waals surface area contributed by atoms with Gasteiger partial charge in [-0.25, -0.2) is 0 Å².